The second-order valence-electron chi connectivity index (χ2n) is 7.42. The summed E-state index contributed by atoms with van der Waals surface area (Å²) in [6.45, 7) is 0.516. The van der Waals surface area contributed by atoms with Gasteiger partial charge in [-0.15, -0.1) is 0 Å². The fraction of sp³-hybridized carbons (Fsp3) is 0.348. The number of rotatable bonds is 7. The number of hydrogen-bond donors (Lipinski definition) is 1. The van der Waals surface area contributed by atoms with E-state index in [4.69, 9.17) is 32.7 Å². The Bertz CT molecular complexity index is 970. The van der Waals surface area contributed by atoms with E-state index in [1.165, 1.54) is 12.0 Å². The van der Waals surface area contributed by atoms with Gasteiger partial charge in [-0.2, -0.15) is 0 Å². The van der Waals surface area contributed by atoms with E-state index in [1.54, 1.807) is 18.2 Å². The number of esters is 1. The molecule has 2 aromatic carbocycles. The summed E-state index contributed by atoms with van der Waals surface area (Å²) in [6.07, 6.45) is 0.688. The monoisotopic (exact) mass is 478 g/mol. The van der Waals surface area contributed by atoms with Gasteiger partial charge in [0.15, 0.2) is 0 Å². The number of benzene rings is 2. The van der Waals surface area contributed by atoms with E-state index in [1.807, 2.05) is 30.3 Å². The highest BCUT2D eigenvalue weighted by Gasteiger charge is 2.37. The van der Waals surface area contributed by atoms with Gasteiger partial charge >= 0.3 is 12.1 Å². The Labute approximate surface area is 196 Å². The predicted molar refractivity (Wildman–Crippen MR) is 120 cm³/mol. The maximum absolute atomic E-state index is 13.0. The van der Waals surface area contributed by atoms with Crippen molar-refractivity contribution in [3.8, 4) is 0 Å². The van der Waals surface area contributed by atoms with Gasteiger partial charge in [-0.3, -0.25) is 9.69 Å². The molecule has 170 valence electrons. The molecule has 3 rings (SSSR count). The molecule has 7 nitrogen and oxygen atoms in total. The Morgan fingerprint density at radius 1 is 1.16 bits per heavy atom. The van der Waals surface area contributed by atoms with E-state index in [2.05, 4.69) is 5.32 Å². The molecular formula is C23H24Cl2N2O5. The molecule has 2 atom stereocenters. The first-order valence-corrected chi connectivity index (χ1v) is 10.9. The number of amides is 2. The molecule has 32 heavy (non-hydrogen) atoms. The third-order valence-electron chi connectivity index (χ3n) is 5.24. The summed E-state index contributed by atoms with van der Waals surface area (Å²) in [5.74, 6) is -1.06. The maximum atomic E-state index is 13.0. The van der Waals surface area contributed by atoms with Crippen LogP contribution >= 0.6 is 23.2 Å². The second-order valence-corrected chi connectivity index (χ2v) is 8.26. The van der Waals surface area contributed by atoms with Crippen molar-refractivity contribution in [1.82, 2.24) is 10.2 Å². The molecule has 0 spiro atoms. The number of hydrogen-bond acceptors (Lipinski definition) is 5. The SMILES string of the molecule is COC(=O)[C@@H](Cc1ccc(Cl)cc1Cl)NC(=O)[C@H]1CCCN1C(=O)OCc1ccccc1. The van der Waals surface area contributed by atoms with Gasteiger partial charge in [0.25, 0.3) is 0 Å². The summed E-state index contributed by atoms with van der Waals surface area (Å²) in [5.41, 5.74) is 1.49. The quantitative estimate of drug-likeness (QED) is 0.607. The lowest BCUT2D eigenvalue weighted by Gasteiger charge is -2.25. The van der Waals surface area contributed by atoms with Crippen molar-refractivity contribution in [2.45, 2.75) is 38.0 Å². The van der Waals surface area contributed by atoms with E-state index < -0.39 is 30.1 Å². The highest BCUT2D eigenvalue weighted by atomic mass is 35.5. The van der Waals surface area contributed by atoms with Gasteiger partial charge in [-0.1, -0.05) is 59.6 Å². The number of halogens is 2. The van der Waals surface area contributed by atoms with E-state index in [9.17, 15) is 14.4 Å². The smallest absolute Gasteiger partial charge is 0.410 e. The zero-order chi connectivity index (χ0) is 23.1. The molecule has 9 heteroatoms. The van der Waals surface area contributed by atoms with Gasteiger partial charge in [-0.05, 0) is 36.1 Å². The highest BCUT2D eigenvalue weighted by molar-refractivity contribution is 6.35. The first kappa shape index (κ1) is 23.9. The molecule has 0 saturated carbocycles. The van der Waals surface area contributed by atoms with Crippen LogP contribution in [0.1, 0.15) is 24.0 Å². The lowest BCUT2D eigenvalue weighted by Crippen LogP contribution is -2.51. The standard InChI is InChI=1S/C23H24Cl2N2O5/c1-31-22(29)19(12-16-9-10-17(24)13-18(16)25)26-21(28)20-8-5-11-27(20)23(30)32-14-15-6-3-2-4-7-15/h2-4,6-7,9-10,13,19-20H,5,8,11-12,14H2,1H3,(H,26,28)/t19-,20-/m1/s1. The topological polar surface area (TPSA) is 84.9 Å². The van der Waals surface area contributed by atoms with Crippen molar-refractivity contribution in [3.05, 3.63) is 69.7 Å². The number of nitrogens with zero attached hydrogens (tertiary/aromatic N) is 1. The van der Waals surface area contributed by atoms with E-state index >= 15 is 0 Å². The van der Waals surface area contributed by atoms with Crippen molar-refractivity contribution in [1.29, 1.82) is 0 Å². The average Bonchev–Trinajstić information content (AvgIpc) is 3.29. The number of likely N-dealkylation sites (tertiary alicyclic amines) is 1. The minimum atomic E-state index is -0.964. The van der Waals surface area contributed by atoms with Crippen LogP contribution in [0.4, 0.5) is 4.79 Å². The van der Waals surface area contributed by atoms with E-state index in [0.717, 1.165) is 5.56 Å². The molecule has 1 heterocycles. The van der Waals surface area contributed by atoms with Gasteiger partial charge in [0.05, 0.1) is 7.11 Å². The van der Waals surface area contributed by atoms with Crippen molar-refractivity contribution in [2.75, 3.05) is 13.7 Å². The Kier molecular flexibility index (Phi) is 8.36. The number of carbonyl (C=O) groups is 3. The lowest BCUT2D eigenvalue weighted by molar-refractivity contribution is -0.145. The fourth-order valence-electron chi connectivity index (χ4n) is 3.57. The molecule has 1 aliphatic rings. The molecule has 0 unspecified atom stereocenters. The van der Waals surface area contributed by atoms with Crippen LogP contribution in [0, 0.1) is 0 Å². The number of methoxy groups -OCH3 is 1. The number of nitrogens with one attached hydrogen (secondary N) is 1. The fourth-order valence-corrected chi connectivity index (χ4v) is 4.06. The summed E-state index contributed by atoms with van der Waals surface area (Å²) >= 11 is 12.1. The van der Waals surface area contributed by atoms with Crippen molar-refractivity contribution < 1.29 is 23.9 Å². The molecule has 0 aromatic heterocycles. The normalized spacial score (nSPS) is 16.3. The van der Waals surface area contributed by atoms with Crippen LogP contribution in [0.25, 0.3) is 0 Å². The molecule has 0 bridgehead atoms. The van der Waals surface area contributed by atoms with Gasteiger partial charge in [0, 0.05) is 23.0 Å². The minimum Gasteiger partial charge on any atom is -0.467 e. The van der Waals surface area contributed by atoms with Crippen LogP contribution in [0.15, 0.2) is 48.5 Å². The van der Waals surface area contributed by atoms with Crippen molar-refractivity contribution in [2.24, 2.45) is 0 Å². The molecule has 1 saturated heterocycles. The second kappa shape index (κ2) is 11.2. The van der Waals surface area contributed by atoms with Crippen molar-refractivity contribution in [3.63, 3.8) is 0 Å². The van der Waals surface area contributed by atoms with Gasteiger partial charge in [0.1, 0.15) is 18.7 Å². The first-order valence-electron chi connectivity index (χ1n) is 10.2. The van der Waals surface area contributed by atoms with Crippen LogP contribution in [0.3, 0.4) is 0 Å². The molecule has 0 aliphatic carbocycles. The molecule has 0 radical (unpaired) electrons. The summed E-state index contributed by atoms with van der Waals surface area (Å²) in [5, 5.41) is 3.55. The zero-order valence-corrected chi connectivity index (χ0v) is 19.1. The molecule has 2 aromatic rings. The highest BCUT2D eigenvalue weighted by Crippen LogP contribution is 2.23. The summed E-state index contributed by atoms with van der Waals surface area (Å²) < 4.78 is 10.2. The van der Waals surface area contributed by atoms with Crippen LogP contribution in [-0.2, 0) is 32.1 Å². The number of ether oxygens (including phenoxy) is 2. The third-order valence-corrected chi connectivity index (χ3v) is 5.82. The molecule has 2 amide bonds. The Morgan fingerprint density at radius 3 is 2.59 bits per heavy atom. The zero-order valence-electron chi connectivity index (χ0n) is 17.6. The molecule has 1 fully saturated rings. The maximum Gasteiger partial charge on any atom is 0.410 e. The Morgan fingerprint density at radius 2 is 1.91 bits per heavy atom. The first-order chi connectivity index (χ1) is 15.4. The summed E-state index contributed by atoms with van der Waals surface area (Å²) in [6, 6.07) is 12.5. The van der Waals surface area contributed by atoms with Crippen molar-refractivity contribution >= 4 is 41.2 Å². The van der Waals surface area contributed by atoms with Gasteiger partial charge in [-0.25, -0.2) is 9.59 Å². The van der Waals surface area contributed by atoms with Crippen LogP contribution < -0.4 is 5.32 Å². The summed E-state index contributed by atoms with van der Waals surface area (Å²) in [7, 11) is 1.24. The van der Waals surface area contributed by atoms with Gasteiger partial charge in [0.2, 0.25) is 5.91 Å². The van der Waals surface area contributed by atoms with Crippen LogP contribution in [0.5, 0.6) is 0 Å². The largest absolute Gasteiger partial charge is 0.467 e. The minimum absolute atomic E-state index is 0.115. The Balaban J connectivity index is 1.65. The predicted octanol–water partition coefficient (Wildman–Crippen LogP) is 3.99. The molecular weight excluding hydrogens is 455 g/mol. The van der Waals surface area contributed by atoms with E-state index in [-0.39, 0.29) is 13.0 Å². The molecule has 1 N–H and O–H groups in total. The number of carbonyl (C=O) groups excluding carboxylic acids is 3. The van der Waals surface area contributed by atoms with Crippen LogP contribution in [0.2, 0.25) is 10.0 Å². The van der Waals surface area contributed by atoms with Gasteiger partial charge < -0.3 is 14.8 Å². The average molecular weight is 479 g/mol. The molecule has 1 aliphatic heterocycles. The summed E-state index contributed by atoms with van der Waals surface area (Å²) in [4.78, 5) is 39.3. The van der Waals surface area contributed by atoms with E-state index in [0.29, 0.717) is 35.0 Å². The van der Waals surface area contributed by atoms with Crippen LogP contribution in [-0.4, -0.2) is 48.6 Å². The lowest BCUT2D eigenvalue weighted by atomic mass is 10.0. The Hall–Kier alpha value is -2.77. The third kappa shape index (κ3) is 6.14.